The monoisotopic (exact) mass is 621 g/mol. The SMILES string of the molecule is CC(=O)[C@@]1(O)[C@@H](c2nc(-c3cc(F)c(F)c(F)c3)cs2)[C@](O)(C(C)=O)[C@@H](CO)O[C@@H]1Sc1ccc(Cl)c(Cl)c1. The zero-order valence-electron chi connectivity index (χ0n) is 20.1. The van der Waals surface area contributed by atoms with E-state index in [-0.39, 0.29) is 26.3 Å². The Hall–Kier alpha value is -2.03. The van der Waals surface area contributed by atoms with Crippen LogP contribution in [0.25, 0.3) is 11.3 Å². The minimum atomic E-state index is -2.65. The maximum Gasteiger partial charge on any atom is 0.194 e. The number of hydrogen-bond acceptors (Lipinski definition) is 9. The molecule has 1 fully saturated rings. The molecule has 0 unspecified atom stereocenters. The number of aliphatic hydroxyl groups excluding tert-OH is 1. The van der Waals surface area contributed by atoms with Crippen molar-refractivity contribution < 1.29 is 42.8 Å². The molecule has 3 aromatic rings. The van der Waals surface area contributed by atoms with E-state index in [1.165, 1.54) is 23.6 Å². The van der Waals surface area contributed by atoms with Crippen molar-refractivity contribution >= 4 is 57.9 Å². The van der Waals surface area contributed by atoms with Crippen LogP contribution < -0.4 is 0 Å². The minimum Gasteiger partial charge on any atom is -0.394 e. The molecule has 14 heteroatoms. The lowest BCUT2D eigenvalue weighted by Crippen LogP contribution is -2.72. The fourth-order valence-corrected chi connectivity index (χ4v) is 7.10. The second-order valence-electron chi connectivity index (χ2n) is 8.85. The number of aromatic nitrogens is 1. The van der Waals surface area contributed by atoms with Gasteiger partial charge in [0.15, 0.2) is 40.2 Å². The number of aliphatic hydroxyl groups is 3. The van der Waals surface area contributed by atoms with Gasteiger partial charge in [0.05, 0.1) is 28.3 Å². The van der Waals surface area contributed by atoms with Crippen molar-refractivity contribution in [1.29, 1.82) is 0 Å². The Morgan fingerprint density at radius 2 is 1.67 bits per heavy atom. The highest BCUT2D eigenvalue weighted by atomic mass is 35.5. The standard InChI is InChI=1S/C25H20Cl2F3NO6S2/c1-10(33)24(35)19(8-32)37-23(39-13-3-4-14(26)15(27)7-13)25(36,11(2)34)21(24)22-31-18(9-38-22)12-5-16(28)20(30)17(29)6-12/h3-7,9,19,21,23,32,35-36H,8H2,1-2H3/t19-,21+,23-,24+,25-/m1/s1. The molecule has 0 bridgehead atoms. The highest BCUT2D eigenvalue weighted by Gasteiger charge is 2.68. The molecule has 1 aromatic heterocycles. The molecule has 0 amide bonds. The number of nitrogens with zero attached hydrogens (tertiary/aromatic N) is 1. The first-order chi connectivity index (χ1) is 18.2. The largest absolute Gasteiger partial charge is 0.394 e. The van der Waals surface area contributed by atoms with E-state index in [1.54, 1.807) is 0 Å². The van der Waals surface area contributed by atoms with Crippen molar-refractivity contribution in [3.63, 3.8) is 0 Å². The Labute approximate surface area is 238 Å². The van der Waals surface area contributed by atoms with Gasteiger partial charge < -0.3 is 20.1 Å². The van der Waals surface area contributed by atoms with Gasteiger partial charge in [0.1, 0.15) is 16.5 Å². The van der Waals surface area contributed by atoms with Gasteiger partial charge in [-0.05, 0) is 44.2 Å². The van der Waals surface area contributed by atoms with Gasteiger partial charge in [-0.25, -0.2) is 18.2 Å². The summed E-state index contributed by atoms with van der Waals surface area (Å²) in [5, 5.41) is 35.3. The van der Waals surface area contributed by atoms with E-state index in [1.807, 2.05) is 0 Å². The highest BCUT2D eigenvalue weighted by Crippen LogP contribution is 2.53. The number of thioether (sulfide) groups is 1. The van der Waals surface area contributed by atoms with Crippen molar-refractivity contribution in [3.05, 3.63) is 68.2 Å². The average molecular weight is 622 g/mol. The van der Waals surface area contributed by atoms with Crippen LogP contribution in [0.15, 0.2) is 40.6 Å². The number of carbonyl (C=O) groups is 2. The molecular weight excluding hydrogens is 602 g/mol. The van der Waals surface area contributed by atoms with Crippen LogP contribution in [-0.2, 0) is 14.3 Å². The Bertz CT molecular complexity index is 1440. The molecule has 1 aliphatic rings. The number of ketones is 2. The fourth-order valence-electron chi connectivity index (χ4n) is 4.42. The summed E-state index contributed by atoms with van der Waals surface area (Å²) in [6.45, 7) is 1.13. The van der Waals surface area contributed by atoms with Gasteiger partial charge in [0, 0.05) is 15.8 Å². The van der Waals surface area contributed by atoms with Gasteiger partial charge in [-0.15, -0.1) is 11.3 Å². The third-order valence-electron chi connectivity index (χ3n) is 6.49. The molecule has 5 atom stereocenters. The van der Waals surface area contributed by atoms with Crippen molar-refractivity contribution in [2.75, 3.05) is 6.61 Å². The molecule has 1 aliphatic heterocycles. The summed E-state index contributed by atoms with van der Waals surface area (Å²) in [5.74, 6) is -8.26. The Kier molecular flexibility index (Phi) is 8.52. The van der Waals surface area contributed by atoms with Crippen molar-refractivity contribution in [2.24, 2.45) is 0 Å². The number of carbonyl (C=O) groups excluding carboxylic acids is 2. The molecule has 3 N–H and O–H groups in total. The molecule has 39 heavy (non-hydrogen) atoms. The summed E-state index contributed by atoms with van der Waals surface area (Å²) in [4.78, 5) is 30.6. The lowest BCUT2D eigenvalue weighted by Gasteiger charge is -2.53. The Morgan fingerprint density at radius 1 is 1.05 bits per heavy atom. The normalized spacial score (nSPS) is 27.0. The van der Waals surface area contributed by atoms with E-state index in [9.17, 15) is 38.1 Å². The first-order valence-corrected chi connectivity index (χ1v) is 13.7. The molecule has 0 aliphatic carbocycles. The van der Waals surface area contributed by atoms with Crippen molar-refractivity contribution in [1.82, 2.24) is 4.98 Å². The second-order valence-corrected chi connectivity index (χ2v) is 11.7. The number of rotatable bonds is 7. The van der Waals surface area contributed by atoms with Crippen LogP contribution in [0, 0.1) is 17.5 Å². The van der Waals surface area contributed by atoms with Gasteiger partial charge in [-0.1, -0.05) is 35.0 Å². The number of Topliss-reactive ketones (excluding diaryl/α,β-unsaturated/α-hetero) is 2. The van der Waals surface area contributed by atoms with Gasteiger partial charge in [-0.3, -0.25) is 9.59 Å². The lowest BCUT2D eigenvalue weighted by atomic mass is 9.67. The molecule has 2 aromatic carbocycles. The molecule has 2 heterocycles. The van der Waals surface area contributed by atoms with Crippen LogP contribution in [-0.4, -0.2) is 61.2 Å². The molecule has 1 saturated heterocycles. The third-order valence-corrected chi connectivity index (χ3v) is 9.35. The number of thiazole rings is 1. The van der Waals surface area contributed by atoms with Gasteiger partial charge in [0.25, 0.3) is 0 Å². The first-order valence-electron chi connectivity index (χ1n) is 11.2. The van der Waals surface area contributed by atoms with Crippen LogP contribution in [0.1, 0.15) is 24.8 Å². The summed E-state index contributed by atoms with van der Waals surface area (Å²) < 4.78 is 47.0. The maximum absolute atomic E-state index is 13.9. The van der Waals surface area contributed by atoms with Gasteiger partial charge in [-0.2, -0.15) is 0 Å². The lowest BCUT2D eigenvalue weighted by molar-refractivity contribution is -0.239. The van der Waals surface area contributed by atoms with E-state index >= 15 is 0 Å². The maximum atomic E-state index is 13.9. The molecule has 7 nitrogen and oxygen atoms in total. The number of hydrogen-bond donors (Lipinski definition) is 3. The zero-order valence-corrected chi connectivity index (χ0v) is 23.3. The smallest absolute Gasteiger partial charge is 0.194 e. The predicted molar refractivity (Wildman–Crippen MR) is 139 cm³/mol. The molecule has 0 radical (unpaired) electrons. The fraction of sp³-hybridized carbons (Fsp3) is 0.320. The zero-order chi connectivity index (χ0) is 28.9. The summed E-state index contributed by atoms with van der Waals surface area (Å²) in [6, 6.07) is 5.87. The number of benzene rings is 2. The quantitative estimate of drug-likeness (QED) is 0.323. The first kappa shape index (κ1) is 29.9. The molecule has 4 rings (SSSR count). The van der Waals surface area contributed by atoms with Gasteiger partial charge >= 0.3 is 0 Å². The topological polar surface area (TPSA) is 117 Å². The van der Waals surface area contributed by atoms with Crippen LogP contribution >= 0.6 is 46.3 Å². The summed E-state index contributed by atoms with van der Waals surface area (Å²) in [5.41, 5.74) is -7.01. The number of halogens is 5. The van der Waals surface area contributed by atoms with E-state index in [0.717, 1.165) is 36.9 Å². The van der Waals surface area contributed by atoms with Crippen LogP contribution in [0.3, 0.4) is 0 Å². The van der Waals surface area contributed by atoms with Gasteiger partial charge in [0.2, 0.25) is 0 Å². The summed E-state index contributed by atoms with van der Waals surface area (Å²) in [6.07, 6.45) is -1.62. The average Bonchev–Trinajstić information content (AvgIpc) is 3.35. The van der Waals surface area contributed by atoms with E-state index < -0.39 is 64.3 Å². The molecule has 0 spiro atoms. The Morgan fingerprint density at radius 3 is 2.21 bits per heavy atom. The highest BCUT2D eigenvalue weighted by molar-refractivity contribution is 8.00. The molecule has 0 saturated carbocycles. The van der Waals surface area contributed by atoms with E-state index in [2.05, 4.69) is 4.98 Å². The third kappa shape index (κ3) is 5.13. The van der Waals surface area contributed by atoms with E-state index in [4.69, 9.17) is 27.9 Å². The number of ether oxygens (including phenoxy) is 1. The van der Waals surface area contributed by atoms with Crippen LogP contribution in [0.5, 0.6) is 0 Å². The minimum absolute atomic E-state index is 0.0784. The second kappa shape index (κ2) is 11.1. The Balaban J connectivity index is 1.89. The van der Waals surface area contributed by atoms with Crippen molar-refractivity contribution in [2.45, 2.75) is 47.4 Å². The van der Waals surface area contributed by atoms with Crippen molar-refractivity contribution in [3.8, 4) is 11.3 Å². The summed E-state index contributed by atoms with van der Waals surface area (Å²) in [7, 11) is 0. The van der Waals surface area contributed by atoms with E-state index in [0.29, 0.717) is 17.0 Å². The summed E-state index contributed by atoms with van der Waals surface area (Å²) >= 11 is 13.7. The predicted octanol–water partition coefficient (Wildman–Crippen LogP) is 4.77. The van der Waals surface area contributed by atoms with Crippen LogP contribution in [0.4, 0.5) is 13.2 Å². The molecule has 208 valence electrons. The molecular formula is C25H20Cl2F3NO6S2. The van der Waals surface area contributed by atoms with Crippen LogP contribution in [0.2, 0.25) is 10.0 Å².